The van der Waals surface area contributed by atoms with Gasteiger partial charge in [-0.15, -0.1) is 0 Å². The van der Waals surface area contributed by atoms with Gasteiger partial charge in [-0.2, -0.15) is 0 Å². The molecule has 4 rings (SSSR count). The second kappa shape index (κ2) is 7.17. The second-order valence-corrected chi connectivity index (χ2v) is 7.06. The summed E-state index contributed by atoms with van der Waals surface area (Å²) >= 11 is 6.05. The zero-order valence-corrected chi connectivity index (χ0v) is 15.2. The molecule has 3 heterocycles. The summed E-state index contributed by atoms with van der Waals surface area (Å²) < 4.78 is 0. The summed E-state index contributed by atoms with van der Waals surface area (Å²) in [5.41, 5.74) is 0.844. The van der Waals surface area contributed by atoms with Crippen molar-refractivity contribution in [3.63, 3.8) is 0 Å². The van der Waals surface area contributed by atoms with Crippen LogP contribution in [0.25, 0.3) is 10.9 Å². The number of aromatic nitrogens is 2. The van der Waals surface area contributed by atoms with Crippen LogP contribution in [0.1, 0.15) is 12.8 Å². The fraction of sp³-hybridized carbons (Fsp3) is 0.444. The number of likely N-dealkylation sites (tertiary alicyclic amines) is 1. The Bertz CT molecular complexity index is 835. The van der Waals surface area contributed by atoms with Crippen molar-refractivity contribution in [1.29, 1.82) is 0 Å². The maximum Gasteiger partial charge on any atom is 0.229 e. The van der Waals surface area contributed by atoms with E-state index in [9.17, 15) is 9.59 Å². The number of imide groups is 1. The van der Waals surface area contributed by atoms with E-state index >= 15 is 0 Å². The van der Waals surface area contributed by atoms with Gasteiger partial charge in [0.1, 0.15) is 12.1 Å². The van der Waals surface area contributed by atoms with Crippen molar-refractivity contribution in [2.45, 2.75) is 12.8 Å². The molecule has 0 unspecified atom stereocenters. The molecule has 2 aromatic rings. The molecule has 26 heavy (non-hydrogen) atoms. The number of fused-ring (bicyclic) bond motifs is 1. The van der Waals surface area contributed by atoms with E-state index in [4.69, 9.17) is 11.6 Å². The molecule has 0 aliphatic carbocycles. The third-order valence-electron chi connectivity index (χ3n) is 5.04. The number of rotatable bonds is 4. The van der Waals surface area contributed by atoms with Crippen LogP contribution in [0.15, 0.2) is 24.5 Å². The molecule has 2 fully saturated rings. The summed E-state index contributed by atoms with van der Waals surface area (Å²) in [6.07, 6.45) is 2.29. The zero-order chi connectivity index (χ0) is 18.1. The molecule has 0 spiro atoms. The lowest BCUT2D eigenvalue weighted by molar-refractivity contribution is -0.138. The van der Waals surface area contributed by atoms with Crippen molar-refractivity contribution in [3.05, 3.63) is 29.5 Å². The lowest BCUT2D eigenvalue weighted by Gasteiger charge is -2.36. The Morgan fingerprint density at radius 1 is 0.962 bits per heavy atom. The number of anilines is 1. The molecular weight excluding hydrogens is 354 g/mol. The van der Waals surface area contributed by atoms with E-state index in [1.54, 1.807) is 6.33 Å². The van der Waals surface area contributed by atoms with E-state index in [2.05, 4.69) is 19.8 Å². The van der Waals surface area contributed by atoms with E-state index < -0.39 is 0 Å². The Balaban J connectivity index is 1.38. The van der Waals surface area contributed by atoms with E-state index in [1.165, 1.54) is 4.90 Å². The summed E-state index contributed by atoms with van der Waals surface area (Å²) in [5.74, 6) is 0.843. The number of carbonyl (C=O) groups is 2. The normalized spacial score (nSPS) is 19.0. The lowest BCUT2D eigenvalue weighted by atomic mass is 10.2. The first-order chi connectivity index (χ1) is 12.6. The average Bonchev–Trinajstić information content (AvgIpc) is 2.97. The highest BCUT2D eigenvalue weighted by Crippen LogP contribution is 2.26. The Hall–Kier alpha value is -2.25. The van der Waals surface area contributed by atoms with Crippen molar-refractivity contribution in [1.82, 2.24) is 19.8 Å². The minimum atomic E-state index is -0.0419. The van der Waals surface area contributed by atoms with Crippen molar-refractivity contribution in [2.24, 2.45) is 0 Å². The van der Waals surface area contributed by atoms with Gasteiger partial charge in [0.25, 0.3) is 0 Å². The summed E-state index contributed by atoms with van der Waals surface area (Å²) in [6, 6.07) is 5.67. The monoisotopic (exact) mass is 373 g/mol. The van der Waals surface area contributed by atoms with Crippen LogP contribution in [0.5, 0.6) is 0 Å². The van der Waals surface area contributed by atoms with E-state index in [0.717, 1.165) is 49.4 Å². The van der Waals surface area contributed by atoms with Crippen LogP contribution >= 0.6 is 11.6 Å². The number of halogens is 1. The van der Waals surface area contributed by atoms with Crippen LogP contribution in [0.3, 0.4) is 0 Å². The summed E-state index contributed by atoms with van der Waals surface area (Å²) in [7, 11) is 0. The molecule has 2 saturated heterocycles. The summed E-state index contributed by atoms with van der Waals surface area (Å²) in [4.78, 5) is 38.1. The number of carbonyl (C=O) groups excluding carboxylic acids is 2. The van der Waals surface area contributed by atoms with E-state index in [-0.39, 0.29) is 11.8 Å². The van der Waals surface area contributed by atoms with Gasteiger partial charge in [-0.05, 0) is 18.2 Å². The smallest absolute Gasteiger partial charge is 0.229 e. The van der Waals surface area contributed by atoms with Gasteiger partial charge < -0.3 is 4.90 Å². The van der Waals surface area contributed by atoms with Gasteiger partial charge in [0.2, 0.25) is 11.8 Å². The Morgan fingerprint density at radius 3 is 2.42 bits per heavy atom. The number of piperazine rings is 1. The molecule has 0 bridgehead atoms. The maximum absolute atomic E-state index is 11.7. The van der Waals surface area contributed by atoms with Crippen molar-refractivity contribution in [2.75, 3.05) is 44.2 Å². The minimum absolute atomic E-state index is 0.0419. The predicted octanol–water partition coefficient (Wildman–Crippen LogP) is 1.55. The largest absolute Gasteiger partial charge is 0.353 e. The molecule has 2 aliphatic heterocycles. The Kier molecular flexibility index (Phi) is 4.74. The number of hydrogen-bond donors (Lipinski definition) is 0. The van der Waals surface area contributed by atoms with Gasteiger partial charge in [0, 0.05) is 62.5 Å². The second-order valence-electron chi connectivity index (χ2n) is 6.63. The zero-order valence-electron chi connectivity index (χ0n) is 14.4. The van der Waals surface area contributed by atoms with Crippen molar-refractivity contribution in [3.8, 4) is 0 Å². The van der Waals surface area contributed by atoms with Crippen LogP contribution in [-0.2, 0) is 9.59 Å². The van der Waals surface area contributed by atoms with Gasteiger partial charge in [-0.25, -0.2) is 9.97 Å². The molecule has 1 aromatic carbocycles. The third kappa shape index (κ3) is 3.37. The predicted molar refractivity (Wildman–Crippen MR) is 99.2 cm³/mol. The molecule has 1 aromatic heterocycles. The maximum atomic E-state index is 11.7. The first-order valence-electron chi connectivity index (χ1n) is 8.82. The molecule has 0 radical (unpaired) electrons. The highest BCUT2D eigenvalue weighted by Gasteiger charge is 2.29. The van der Waals surface area contributed by atoms with Crippen LogP contribution in [-0.4, -0.2) is 70.9 Å². The van der Waals surface area contributed by atoms with Crippen molar-refractivity contribution >= 4 is 40.1 Å². The number of amides is 2. The Morgan fingerprint density at radius 2 is 1.69 bits per heavy atom. The summed E-state index contributed by atoms with van der Waals surface area (Å²) in [6.45, 7) is 4.65. The van der Waals surface area contributed by atoms with Crippen LogP contribution in [0.4, 0.5) is 5.82 Å². The number of benzene rings is 1. The molecule has 0 atom stereocenters. The molecule has 7 nitrogen and oxygen atoms in total. The number of hydrogen-bond acceptors (Lipinski definition) is 6. The van der Waals surface area contributed by atoms with Crippen LogP contribution < -0.4 is 4.90 Å². The molecule has 136 valence electrons. The highest BCUT2D eigenvalue weighted by atomic mass is 35.5. The lowest BCUT2D eigenvalue weighted by Crippen LogP contribution is -2.49. The quantitative estimate of drug-likeness (QED) is 0.757. The Labute approximate surface area is 156 Å². The van der Waals surface area contributed by atoms with Gasteiger partial charge >= 0.3 is 0 Å². The molecule has 8 heteroatoms. The van der Waals surface area contributed by atoms with Crippen molar-refractivity contribution < 1.29 is 9.59 Å². The third-order valence-corrected chi connectivity index (χ3v) is 5.28. The molecule has 0 N–H and O–H groups in total. The highest BCUT2D eigenvalue weighted by molar-refractivity contribution is 6.31. The minimum Gasteiger partial charge on any atom is -0.353 e. The fourth-order valence-electron chi connectivity index (χ4n) is 3.56. The molecule has 0 saturated carbocycles. The van der Waals surface area contributed by atoms with Crippen LogP contribution in [0.2, 0.25) is 5.02 Å². The average molecular weight is 374 g/mol. The SMILES string of the molecule is O=C1CCC(=O)N1CCN1CCN(c2ncnc3cc(Cl)ccc23)CC1. The summed E-state index contributed by atoms with van der Waals surface area (Å²) in [5, 5.41) is 1.66. The standard InChI is InChI=1S/C18H20ClN5O2/c19-13-1-2-14-15(11-13)20-12-21-18(14)23-8-5-22(6-9-23)7-10-24-16(25)3-4-17(24)26/h1-2,11-12H,3-10H2. The van der Waals surface area contributed by atoms with Gasteiger partial charge in [0.15, 0.2) is 0 Å². The molecule has 2 amide bonds. The number of nitrogens with zero attached hydrogens (tertiary/aromatic N) is 5. The van der Waals surface area contributed by atoms with E-state index in [0.29, 0.717) is 24.4 Å². The van der Waals surface area contributed by atoms with Gasteiger partial charge in [0.05, 0.1) is 5.52 Å². The van der Waals surface area contributed by atoms with Gasteiger partial charge in [-0.1, -0.05) is 11.6 Å². The molecular formula is C18H20ClN5O2. The molecule has 2 aliphatic rings. The van der Waals surface area contributed by atoms with E-state index in [1.807, 2.05) is 18.2 Å². The van der Waals surface area contributed by atoms with Gasteiger partial charge in [-0.3, -0.25) is 19.4 Å². The fourth-order valence-corrected chi connectivity index (χ4v) is 3.73. The topological polar surface area (TPSA) is 69.6 Å². The first kappa shape index (κ1) is 17.2. The first-order valence-corrected chi connectivity index (χ1v) is 9.20. The van der Waals surface area contributed by atoms with Crippen LogP contribution in [0, 0.1) is 0 Å².